The van der Waals surface area contributed by atoms with E-state index in [1.807, 2.05) is 0 Å². The van der Waals surface area contributed by atoms with Crippen molar-refractivity contribution in [1.82, 2.24) is 20.2 Å². The number of hydrogen-bond acceptors (Lipinski definition) is 3. The molecule has 1 fully saturated rings. The summed E-state index contributed by atoms with van der Waals surface area (Å²) in [7, 11) is 0. The van der Waals surface area contributed by atoms with Crippen LogP contribution in [0.5, 0.6) is 0 Å². The Labute approximate surface area is 124 Å². The number of hydrogen-bond donors (Lipinski definition) is 0. The fourth-order valence-electron chi connectivity index (χ4n) is 3.01. The Balaban J connectivity index is 1.76. The number of tetrazole rings is 1. The SMILES string of the molecule is CC(c1ccc(CC2CCCC2)c(Cl)c1)n1cnnn1. The zero-order valence-corrected chi connectivity index (χ0v) is 12.4. The Morgan fingerprint density at radius 1 is 1.35 bits per heavy atom. The zero-order chi connectivity index (χ0) is 13.9. The molecular formula is C15H19ClN4. The molecule has 1 aromatic carbocycles. The molecule has 3 rings (SSSR count). The van der Waals surface area contributed by atoms with Gasteiger partial charge in [-0.3, -0.25) is 0 Å². The first kappa shape index (κ1) is 13.6. The van der Waals surface area contributed by atoms with Gasteiger partial charge in [-0.15, -0.1) is 5.10 Å². The van der Waals surface area contributed by atoms with Crippen LogP contribution < -0.4 is 0 Å². The third kappa shape index (κ3) is 2.85. The van der Waals surface area contributed by atoms with Crippen LogP contribution in [0.1, 0.15) is 49.8 Å². The van der Waals surface area contributed by atoms with Crippen molar-refractivity contribution >= 4 is 11.6 Å². The molecule has 0 amide bonds. The van der Waals surface area contributed by atoms with Crippen LogP contribution >= 0.6 is 11.6 Å². The van der Waals surface area contributed by atoms with Gasteiger partial charge in [-0.05, 0) is 46.9 Å². The lowest BCUT2D eigenvalue weighted by Crippen LogP contribution is -2.08. The van der Waals surface area contributed by atoms with Crippen molar-refractivity contribution in [2.75, 3.05) is 0 Å². The van der Waals surface area contributed by atoms with Gasteiger partial charge in [-0.2, -0.15) is 0 Å². The standard InChI is InChI=1S/C15H19ClN4/c1-11(20-10-17-18-19-20)13-6-7-14(15(16)9-13)8-12-4-2-3-5-12/h6-7,9-12H,2-5,8H2,1H3. The van der Waals surface area contributed by atoms with Gasteiger partial charge in [-0.1, -0.05) is 49.4 Å². The molecule has 20 heavy (non-hydrogen) atoms. The van der Waals surface area contributed by atoms with Crippen molar-refractivity contribution < 1.29 is 0 Å². The molecule has 1 aliphatic carbocycles. The van der Waals surface area contributed by atoms with Gasteiger partial charge in [0.05, 0.1) is 6.04 Å². The van der Waals surface area contributed by atoms with Crippen LogP contribution in [0.15, 0.2) is 24.5 Å². The van der Waals surface area contributed by atoms with Crippen molar-refractivity contribution in [3.05, 3.63) is 40.7 Å². The highest BCUT2D eigenvalue weighted by Gasteiger charge is 2.17. The zero-order valence-electron chi connectivity index (χ0n) is 11.7. The summed E-state index contributed by atoms with van der Waals surface area (Å²) in [5.74, 6) is 0.815. The summed E-state index contributed by atoms with van der Waals surface area (Å²) >= 11 is 6.45. The average Bonchev–Trinajstić information content (AvgIpc) is 3.12. The molecule has 4 nitrogen and oxygen atoms in total. The fourth-order valence-corrected chi connectivity index (χ4v) is 3.28. The van der Waals surface area contributed by atoms with E-state index in [1.165, 1.54) is 31.2 Å². The smallest absolute Gasteiger partial charge is 0.138 e. The topological polar surface area (TPSA) is 43.6 Å². The Bertz CT molecular complexity index is 561. The summed E-state index contributed by atoms with van der Waals surface area (Å²) in [6.07, 6.45) is 8.18. The molecule has 0 saturated heterocycles. The van der Waals surface area contributed by atoms with Crippen LogP contribution in [0.3, 0.4) is 0 Å². The minimum Gasteiger partial charge on any atom is -0.225 e. The van der Waals surface area contributed by atoms with Gasteiger partial charge in [0, 0.05) is 5.02 Å². The van der Waals surface area contributed by atoms with E-state index in [0.717, 1.165) is 22.9 Å². The van der Waals surface area contributed by atoms with Gasteiger partial charge >= 0.3 is 0 Å². The molecule has 1 aromatic heterocycles. The van der Waals surface area contributed by atoms with Gasteiger partial charge < -0.3 is 0 Å². The minimum absolute atomic E-state index is 0.100. The van der Waals surface area contributed by atoms with E-state index in [-0.39, 0.29) is 6.04 Å². The molecule has 1 unspecified atom stereocenters. The van der Waals surface area contributed by atoms with E-state index < -0.39 is 0 Å². The van der Waals surface area contributed by atoms with E-state index in [2.05, 4.69) is 40.6 Å². The van der Waals surface area contributed by atoms with Gasteiger partial charge in [0.2, 0.25) is 0 Å². The van der Waals surface area contributed by atoms with Crippen LogP contribution in [-0.2, 0) is 6.42 Å². The predicted molar refractivity (Wildman–Crippen MR) is 78.7 cm³/mol. The number of halogens is 1. The fraction of sp³-hybridized carbons (Fsp3) is 0.533. The number of nitrogens with zero attached hydrogens (tertiary/aromatic N) is 4. The van der Waals surface area contributed by atoms with Crippen LogP contribution in [0, 0.1) is 5.92 Å². The predicted octanol–water partition coefficient (Wildman–Crippen LogP) is 3.67. The quantitative estimate of drug-likeness (QED) is 0.863. The molecule has 5 heteroatoms. The normalized spacial score (nSPS) is 17.5. The maximum atomic E-state index is 6.45. The van der Waals surface area contributed by atoms with E-state index in [1.54, 1.807) is 11.0 Å². The Morgan fingerprint density at radius 2 is 2.15 bits per heavy atom. The second-order valence-electron chi connectivity index (χ2n) is 5.67. The monoisotopic (exact) mass is 290 g/mol. The Morgan fingerprint density at radius 3 is 2.80 bits per heavy atom. The molecule has 2 aromatic rings. The second kappa shape index (κ2) is 5.92. The van der Waals surface area contributed by atoms with Crippen molar-refractivity contribution in [3.8, 4) is 0 Å². The van der Waals surface area contributed by atoms with Crippen molar-refractivity contribution in [2.45, 2.75) is 45.1 Å². The lowest BCUT2D eigenvalue weighted by atomic mass is 9.96. The summed E-state index contributed by atoms with van der Waals surface area (Å²) < 4.78 is 1.74. The van der Waals surface area contributed by atoms with Gasteiger partial charge in [-0.25, -0.2) is 4.68 Å². The molecule has 1 atom stereocenters. The summed E-state index contributed by atoms with van der Waals surface area (Å²) in [5.41, 5.74) is 2.41. The van der Waals surface area contributed by atoms with E-state index in [4.69, 9.17) is 11.6 Å². The molecule has 0 N–H and O–H groups in total. The van der Waals surface area contributed by atoms with Crippen LogP contribution in [0.2, 0.25) is 5.02 Å². The second-order valence-corrected chi connectivity index (χ2v) is 6.08. The lowest BCUT2D eigenvalue weighted by molar-refractivity contribution is 0.539. The van der Waals surface area contributed by atoms with E-state index in [9.17, 15) is 0 Å². The van der Waals surface area contributed by atoms with Crippen LogP contribution in [-0.4, -0.2) is 20.2 Å². The number of aromatic nitrogens is 4. The van der Waals surface area contributed by atoms with Crippen molar-refractivity contribution in [3.63, 3.8) is 0 Å². The van der Waals surface area contributed by atoms with Gasteiger partial charge in [0.1, 0.15) is 6.33 Å². The molecule has 106 valence electrons. The van der Waals surface area contributed by atoms with Crippen LogP contribution in [0.25, 0.3) is 0 Å². The largest absolute Gasteiger partial charge is 0.225 e. The number of rotatable bonds is 4. The maximum Gasteiger partial charge on any atom is 0.138 e. The first-order chi connectivity index (χ1) is 9.74. The summed E-state index contributed by atoms with van der Waals surface area (Å²) in [5, 5.41) is 12.2. The van der Waals surface area contributed by atoms with Crippen molar-refractivity contribution in [2.24, 2.45) is 5.92 Å². The Kier molecular flexibility index (Phi) is 4.01. The lowest BCUT2D eigenvalue weighted by Gasteiger charge is -2.15. The third-order valence-electron chi connectivity index (χ3n) is 4.30. The highest BCUT2D eigenvalue weighted by Crippen LogP contribution is 2.31. The molecule has 0 spiro atoms. The van der Waals surface area contributed by atoms with Gasteiger partial charge in [0.25, 0.3) is 0 Å². The number of benzene rings is 1. The molecule has 1 aliphatic rings. The minimum atomic E-state index is 0.100. The third-order valence-corrected chi connectivity index (χ3v) is 4.66. The summed E-state index contributed by atoms with van der Waals surface area (Å²) in [6.45, 7) is 2.07. The van der Waals surface area contributed by atoms with Crippen molar-refractivity contribution in [1.29, 1.82) is 0 Å². The summed E-state index contributed by atoms with van der Waals surface area (Å²) in [4.78, 5) is 0. The summed E-state index contributed by atoms with van der Waals surface area (Å²) in [6, 6.07) is 6.46. The molecule has 1 saturated carbocycles. The van der Waals surface area contributed by atoms with Gasteiger partial charge in [0.15, 0.2) is 0 Å². The molecule has 1 heterocycles. The van der Waals surface area contributed by atoms with E-state index in [0.29, 0.717) is 0 Å². The maximum absolute atomic E-state index is 6.45. The first-order valence-corrected chi connectivity index (χ1v) is 7.62. The van der Waals surface area contributed by atoms with Crippen LogP contribution in [0.4, 0.5) is 0 Å². The molecule has 0 aliphatic heterocycles. The molecular weight excluding hydrogens is 272 g/mol. The average molecular weight is 291 g/mol. The Hall–Kier alpha value is -1.42. The molecule has 0 bridgehead atoms. The first-order valence-electron chi connectivity index (χ1n) is 7.25. The molecule has 0 radical (unpaired) electrons. The van der Waals surface area contributed by atoms with E-state index >= 15 is 0 Å². The highest BCUT2D eigenvalue weighted by molar-refractivity contribution is 6.31. The highest BCUT2D eigenvalue weighted by atomic mass is 35.5.